The zero-order chi connectivity index (χ0) is 22.5. The number of fused-ring (bicyclic) bond motifs is 1. The van der Waals surface area contributed by atoms with E-state index in [-0.39, 0.29) is 24.3 Å². The van der Waals surface area contributed by atoms with E-state index in [2.05, 4.69) is 5.10 Å². The van der Waals surface area contributed by atoms with E-state index in [1.165, 1.54) is 6.92 Å². The Bertz CT molecular complexity index is 1240. The number of rotatable bonds is 2. The van der Waals surface area contributed by atoms with E-state index in [0.717, 1.165) is 10.8 Å². The number of benzene rings is 2. The minimum Gasteiger partial charge on any atom is -0.336 e. The van der Waals surface area contributed by atoms with E-state index in [0.29, 0.717) is 37.3 Å². The topological polar surface area (TPSA) is 78.8 Å². The number of nitrogens with zero attached hydrogens (tertiary/aromatic N) is 5. The summed E-state index contributed by atoms with van der Waals surface area (Å²) in [6, 6.07) is 13.7. The van der Waals surface area contributed by atoms with Gasteiger partial charge in [-0.2, -0.15) is 5.10 Å². The van der Waals surface area contributed by atoms with Crippen LogP contribution < -0.4 is 4.90 Å². The Kier molecular flexibility index (Phi) is 4.73. The van der Waals surface area contributed by atoms with E-state index >= 15 is 0 Å². The molecule has 32 heavy (non-hydrogen) atoms. The minimum atomic E-state index is -0.609. The van der Waals surface area contributed by atoms with Gasteiger partial charge in [0.2, 0.25) is 11.8 Å². The van der Waals surface area contributed by atoms with Gasteiger partial charge in [-0.3, -0.25) is 19.1 Å². The smallest absolute Gasteiger partial charge is 0.253 e. The molecule has 3 heterocycles. The van der Waals surface area contributed by atoms with Gasteiger partial charge in [0.15, 0.2) is 0 Å². The molecule has 1 atom stereocenters. The van der Waals surface area contributed by atoms with Crippen molar-refractivity contribution in [3.8, 4) is 0 Å². The number of anilines is 1. The Morgan fingerprint density at radius 2 is 1.84 bits per heavy atom. The molecule has 2 fully saturated rings. The molecule has 3 amide bonds. The first-order valence-electron chi connectivity index (χ1n) is 10.7. The van der Waals surface area contributed by atoms with Crippen molar-refractivity contribution in [1.29, 1.82) is 0 Å². The van der Waals surface area contributed by atoms with Crippen LogP contribution in [0.1, 0.15) is 23.7 Å². The number of piperazine rings is 1. The van der Waals surface area contributed by atoms with Crippen LogP contribution in [0.2, 0.25) is 0 Å². The maximum atomic E-state index is 13.3. The molecule has 5 rings (SSSR count). The number of carbonyl (C=O) groups excluding carboxylic acids is 3. The van der Waals surface area contributed by atoms with Crippen molar-refractivity contribution in [3.63, 3.8) is 0 Å². The summed E-state index contributed by atoms with van der Waals surface area (Å²) in [6.45, 7) is 2.76. The lowest BCUT2D eigenvalue weighted by molar-refractivity contribution is -0.142. The maximum Gasteiger partial charge on any atom is 0.253 e. The van der Waals surface area contributed by atoms with E-state index in [1.807, 2.05) is 42.5 Å². The standard InChI is InChI=1S/C24H25N5O3/c1-17(30)29-14-22(31)28(21-12-25-26(2)13-21)16-24(29)9-10-27(15-24)23(32)20-8-7-18-5-3-4-6-19(18)11-20/h3-8,11-13H,9-10,14-16H2,1-2H3. The lowest BCUT2D eigenvalue weighted by Crippen LogP contribution is -2.67. The Balaban J connectivity index is 1.43. The van der Waals surface area contributed by atoms with Crippen molar-refractivity contribution in [1.82, 2.24) is 19.6 Å². The molecule has 2 aliphatic rings. The number of amides is 3. The molecule has 2 aromatic carbocycles. The molecule has 8 heteroatoms. The van der Waals surface area contributed by atoms with Crippen LogP contribution in [-0.4, -0.2) is 69.0 Å². The highest BCUT2D eigenvalue weighted by molar-refractivity contribution is 6.00. The second-order valence-corrected chi connectivity index (χ2v) is 8.72. The van der Waals surface area contributed by atoms with Gasteiger partial charge in [0, 0.05) is 38.8 Å². The lowest BCUT2D eigenvalue weighted by atomic mass is 9.92. The second kappa shape index (κ2) is 7.47. The molecule has 164 valence electrons. The van der Waals surface area contributed by atoms with Gasteiger partial charge >= 0.3 is 0 Å². The van der Waals surface area contributed by atoms with Gasteiger partial charge in [-0.25, -0.2) is 0 Å². The van der Waals surface area contributed by atoms with Crippen LogP contribution in [-0.2, 0) is 16.6 Å². The summed E-state index contributed by atoms with van der Waals surface area (Å²) < 4.78 is 1.65. The number of aromatic nitrogens is 2. The van der Waals surface area contributed by atoms with Crippen molar-refractivity contribution >= 4 is 34.2 Å². The van der Waals surface area contributed by atoms with Gasteiger partial charge < -0.3 is 14.7 Å². The molecule has 2 saturated heterocycles. The first-order valence-corrected chi connectivity index (χ1v) is 10.7. The fraction of sp³-hybridized carbons (Fsp3) is 0.333. The van der Waals surface area contributed by atoms with Crippen LogP contribution in [0.15, 0.2) is 54.9 Å². The van der Waals surface area contributed by atoms with Crippen LogP contribution in [0.5, 0.6) is 0 Å². The first kappa shape index (κ1) is 20.2. The van der Waals surface area contributed by atoms with E-state index in [9.17, 15) is 14.4 Å². The van der Waals surface area contributed by atoms with Crippen molar-refractivity contribution in [2.24, 2.45) is 7.05 Å². The second-order valence-electron chi connectivity index (χ2n) is 8.72. The van der Waals surface area contributed by atoms with E-state index in [4.69, 9.17) is 0 Å². The molecule has 0 N–H and O–H groups in total. The number of hydrogen-bond acceptors (Lipinski definition) is 4. The highest BCUT2D eigenvalue weighted by Crippen LogP contribution is 2.35. The lowest BCUT2D eigenvalue weighted by Gasteiger charge is -2.47. The zero-order valence-corrected chi connectivity index (χ0v) is 18.2. The fourth-order valence-corrected chi connectivity index (χ4v) is 4.97. The fourth-order valence-electron chi connectivity index (χ4n) is 4.97. The molecule has 1 unspecified atom stereocenters. The summed E-state index contributed by atoms with van der Waals surface area (Å²) in [6.07, 6.45) is 4.07. The zero-order valence-electron chi connectivity index (χ0n) is 18.2. The molecule has 0 bridgehead atoms. The van der Waals surface area contributed by atoms with Gasteiger partial charge in [-0.1, -0.05) is 30.3 Å². The molecule has 1 spiro atoms. The average molecular weight is 431 g/mol. The Morgan fingerprint density at radius 3 is 2.56 bits per heavy atom. The van der Waals surface area contributed by atoms with Crippen molar-refractivity contribution in [3.05, 3.63) is 60.4 Å². The number of carbonyl (C=O) groups is 3. The average Bonchev–Trinajstić information content (AvgIpc) is 3.41. The van der Waals surface area contributed by atoms with Gasteiger partial charge in [-0.15, -0.1) is 0 Å². The molecular formula is C24H25N5O3. The Labute approximate surface area is 186 Å². The highest BCUT2D eigenvalue weighted by Gasteiger charge is 2.51. The van der Waals surface area contributed by atoms with E-state index in [1.54, 1.807) is 38.8 Å². The third kappa shape index (κ3) is 3.32. The molecule has 0 aliphatic carbocycles. The van der Waals surface area contributed by atoms with Crippen molar-refractivity contribution in [2.75, 3.05) is 31.1 Å². The first-order chi connectivity index (χ1) is 15.4. The number of aryl methyl sites for hydroxylation is 1. The van der Waals surface area contributed by atoms with Crippen molar-refractivity contribution in [2.45, 2.75) is 18.9 Å². The molecule has 0 radical (unpaired) electrons. The normalized spacial score (nSPS) is 21.1. The summed E-state index contributed by atoms with van der Waals surface area (Å²) in [5, 5.41) is 6.28. The molecule has 3 aromatic rings. The largest absolute Gasteiger partial charge is 0.336 e. The summed E-state index contributed by atoms with van der Waals surface area (Å²) in [5.41, 5.74) is 0.729. The Hall–Kier alpha value is -3.68. The maximum absolute atomic E-state index is 13.3. The quantitative estimate of drug-likeness (QED) is 0.622. The number of likely N-dealkylation sites (tertiary alicyclic amines) is 1. The monoisotopic (exact) mass is 431 g/mol. The molecule has 1 aromatic heterocycles. The highest BCUT2D eigenvalue weighted by atomic mass is 16.2. The van der Waals surface area contributed by atoms with Gasteiger partial charge in [0.25, 0.3) is 5.91 Å². The predicted octanol–water partition coefficient (Wildman–Crippen LogP) is 2.05. The molecule has 8 nitrogen and oxygen atoms in total. The van der Waals surface area contributed by atoms with Crippen LogP contribution >= 0.6 is 0 Å². The summed E-state index contributed by atoms with van der Waals surface area (Å²) in [7, 11) is 1.80. The SMILES string of the molecule is CC(=O)N1CC(=O)N(c2cnn(C)c2)CC12CCN(C(=O)c1ccc3ccccc3c1)C2. The third-order valence-corrected chi connectivity index (χ3v) is 6.62. The number of hydrogen-bond donors (Lipinski definition) is 0. The van der Waals surface area contributed by atoms with E-state index < -0.39 is 5.54 Å². The van der Waals surface area contributed by atoms with Gasteiger partial charge in [-0.05, 0) is 29.3 Å². The van der Waals surface area contributed by atoms with Gasteiger partial charge in [0.05, 0.1) is 24.0 Å². The molecular weight excluding hydrogens is 406 g/mol. The van der Waals surface area contributed by atoms with Crippen LogP contribution in [0.25, 0.3) is 10.8 Å². The third-order valence-electron chi connectivity index (χ3n) is 6.62. The summed E-state index contributed by atoms with van der Waals surface area (Å²) in [5.74, 6) is -0.344. The molecule has 2 aliphatic heterocycles. The van der Waals surface area contributed by atoms with Crippen LogP contribution in [0, 0.1) is 0 Å². The minimum absolute atomic E-state index is 0.00221. The molecule has 0 saturated carbocycles. The van der Waals surface area contributed by atoms with Crippen LogP contribution in [0.4, 0.5) is 5.69 Å². The summed E-state index contributed by atoms with van der Waals surface area (Å²) in [4.78, 5) is 43.8. The van der Waals surface area contributed by atoms with Crippen molar-refractivity contribution < 1.29 is 14.4 Å². The summed E-state index contributed by atoms with van der Waals surface area (Å²) >= 11 is 0. The predicted molar refractivity (Wildman–Crippen MR) is 120 cm³/mol. The van der Waals surface area contributed by atoms with Gasteiger partial charge in [0.1, 0.15) is 6.54 Å². The van der Waals surface area contributed by atoms with Crippen LogP contribution in [0.3, 0.4) is 0 Å². The Morgan fingerprint density at radius 1 is 1.06 bits per heavy atom.